The highest BCUT2D eigenvalue weighted by Gasteiger charge is 2.38. The van der Waals surface area contributed by atoms with Gasteiger partial charge in [0.05, 0.1) is 0 Å². The van der Waals surface area contributed by atoms with Crippen molar-refractivity contribution in [1.82, 2.24) is 0 Å². The minimum atomic E-state index is 0.223. The third kappa shape index (κ3) is 2.84. The van der Waals surface area contributed by atoms with Crippen molar-refractivity contribution in [3.8, 4) is 0 Å². The second-order valence-electron chi connectivity index (χ2n) is 7.40. The molecule has 0 bridgehead atoms. The Hall–Kier alpha value is -1.56. The van der Waals surface area contributed by atoms with Crippen LogP contribution < -0.4 is 0 Å². The van der Waals surface area contributed by atoms with Crippen molar-refractivity contribution in [3.63, 3.8) is 0 Å². The van der Waals surface area contributed by atoms with E-state index in [1.807, 2.05) is 0 Å². The van der Waals surface area contributed by atoms with E-state index in [1.165, 1.54) is 42.4 Å². The molecule has 1 fully saturated rings. The minimum absolute atomic E-state index is 0.223. The maximum Gasteiger partial charge on any atom is 0.0203 e. The summed E-state index contributed by atoms with van der Waals surface area (Å²) in [4.78, 5) is 0. The predicted octanol–water partition coefficient (Wildman–Crippen LogP) is 6.13. The molecule has 0 heteroatoms. The van der Waals surface area contributed by atoms with Crippen LogP contribution in [0, 0.1) is 18.8 Å². The van der Waals surface area contributed by atoms with Crippen LogP contribution in [0.25, 0.3) is 0 Å². The molecule has 22 heavy (non-hydrogen) atoms. The molecule has 0 amide bonds. The molecule has 1 aliphatic carbocycles. The summed E-state index contributed by atoms with van der Waals surface area (Å²) in [6.45, 7) is 6.94. The summed E-state index contributed by atoms with van der Waals surface area (Å²) in [6.07, 6.45) is 5.26. The molecule has 1 saturated carbocycles. The standard InChI is InChI=1S/C22H28/c1-17(2)19-13-15-22(16-14-19,20-7-5-4-6-8-20)21-11-9-18(3)10-12-21/h4-12,17,19H,13-16H2,1-3H3. The smallest absolute Gasteiger partial charge is 0.0203 e. The molecular formula is C22H28. The maximum atomic E-state index is 2.38. The molecule has 0 aromatic heterocycles. The van der Waals surface area contributed by atoms with Crippen LogP contribution in [0.1, 0.15) is 56.2 Å². The summed E-state index contributed by atoms with van der Waals surface area (Å²) < 4.78 is 0. The van der Waals surface area contributed by atoms with Crippen LogP contribution in [0.5, 0.6) is 0 Å². The van der Waals surface area contributed by atoms with E-state index in [1.54, 1.807) is 0 Å². The monoisotopic (exact) mass is 292 g/mol. The van der Waals surface area contributed by atoms with Gasteiger partial charge in [-0.05, 0) is 55.6 Å². The summed E-state index contributed by atoms with van der Waals surface area (Å²) in [5.74, 6) is 1.70. The zero-order chi connectivity index (χ0) is 15.6. The lowest BCUT2D eigenvalue weighted by Gasteiger charge is -2.42. The van der Waals surface area contributed by atoms with E-state index in [2.05, 4.69) is 75.4 Å². The van der Waals surface area contributed by atoms with Gasteiger partial charge in [-0.2, -0.15) is 0 Å². The Morgan fingerprint density at radius 2 is 1.36 bits per heavy atom. The molecule has 2 aromatic rings. The van der Waals surface area contributed by atoms with Gasteiger partial charge < -0.3 is 0 Å². The quantitative estimate of drug-likeness (QED) is 0.638. The first kappa shape index (κ1) is 15.3. The molecule has 0 spiro atoms. The van der Waals surface area contributed by atoms with E-state index in [0.717, 1.165) is 11.8 Å². The Bertz CT molecular complexity index is 584. The summed E-state index contributed by atoms with van der Waals surface area (Å²) in [6, 6.07) is 20.4. The van der Waals surface area contributed by atoms with Crippen LogP contribution in [0.2, 0.25) is 0 Å². The predicted molar refractivity (Wildman–Crippen MR) is 95.2 cm³/mol. The highest BCUT2D eigenvalue weighted by Crippen LogP contribution is 2.47. The van der Waals surface area contributed by atoms with E-state index >= 15 is 0 Å². The van der Waals surface area contributed by atoms with Crippen molar-refractivity contribution in [2.75, 3.05) is 0 Å². The molecule has 1 aliphatic rings. The van der Waals surface area contributed by atoms with Crippen LogP contribution in [0.3, 0.4) is 0 Å². The summed E-state index contributed by atoms with van der Waals surface area (Å²) in [7, 11) is 0. The third-order valence-electron chi connectivity index (χ3n) is 5.76. The minimum Gasteiger partial charge on any atom is -0.0625 e. The highest BCUT2D eigenvalue weighted by atomic mass is 14.4. The van der Waals surface area contributed by atoms with Crippen LogP contribution in [-0.2, 0) is 5.41 Å². The van der Waals surface area contributed by atoms with Gasteiger partial charge in [-0.15, -0.1) is 0 Å². The first-order valence-corrected chi connectivity index (χ1v) is 8.74. The Morgan fingerprint density at radius 3 is 1.91 bits per heavy atom. The van der Waals surface area contributed by atoms with Gasteiger partial charge in [0.25, 0.3) is 0 Å². The van der Waals surface area contributed by atoms with Gasteiger partial charge >= 0.3 is 0 Å². The average Bonchev–Trinajstić information content (AvgIpc) is 2.56. The molecule has 116 valence electrons. The molecule has 0 N–H and O–H groups in total. The van der Waals surface area contributed by atoms with Crippen molar-refractivity contribution < 1.29 is 0 Å². The molecule has 0 aliphatic heterocycles. The molecular weight excluding hydrogens is 264 g/mol. The van der Waals surface area contributed by atoms with Crippen molar-refractivity contribution in [1.29, 1.82) is 0 Å². The lowest BCUT2D eigenvalue weighted by atomic mass is 9.61. The van der Waals surface area contributed by atoms with Gasteiger partial charge in [0, 0.05) is 5.41 Å². The van der Waals surface area contributed by atoms with E-state index in [4.69, 9.17) is 0 Å². The first-order chi connectivity index (χ1) is 10.6. The van der Waals surface area contributed by atoms with Crippen LogP contribution in [0.15, 0.2) is 54.6 Å². The van der Waals surface area contributed by atoms with E-state index in [0.29, 0.717) is 0 Å². The molecule has 0 nitrogen and oxygen atoms in total. The van der Waals surface area contributed by atoms with Gasteiger partial charge in [-0.25, -0.2) is 0 Å². The number of aryl methyl sites for hydroxylation is 1. The van der Waals surface area contributed by atoms with Gasteiger partial charge in [0.15, 0.2) is 0 Å². The lowest BCUT2D eigenvalue weighted by Crippen LogP contribution is -2.34. The first-order valence-electron chi connectivity index (χ1n) is 8.74. The van der Waals surface area contributed by atoms with Crippen LogP contribution >= 0.6 is 0 Å². The van der Waals surface area contributed by atoms with Gasteiger partial charge in [0.2, 0.25) is 0 Å². The normalized spacial score (nSPS) is 25.4. The third-order valence-corrected chi connectivity index (χ3v) is 5.76. The number of rotatable bonds is 3. The zero-order valence-electron chi connectivity index (χ0n) is 14.2. The van der Waals surface area contributed by atoms with Crippen molar-refractivity contribution in [3.05, 3.63) is 71.3 Å². The maximum absolute atomic E-state index is 2.38. The Balaban J connectivity index is 1.99. The second kappa shape index (κ2) is 6.28. The topological polar surface area (TPSA) is 0 Å². The fourth-order valence-electron chi connectivity index (χ4n) is 4.17. The van der Waals surface area contributed by atoms with Gasteiger partial charge in [0.1, 0.15) is 0 Å². The largest absolute Gasteiger partial charge is 0.0625 e. The molecule has 2 aromatic carbocycles. The average molecular weight is 292 g/mol. The number of hydrogen-bond donors (Lipinski definition) is 0. The molecule has 0 saturated heterocycles. The van der Waals surface area contributed by atoms with Crippen molar-refractivity contribution in [2.24, 2.45) is 11.8 Å². The van der Waals surface area contributed by atoms with Gasteiger partial charge in [-0.3, -0.25) is 0 Å². The molecule has 0 heterocycles. The van der Waals surface area contributed by atoms with Crippen molar-refractivity contribution in [2.45, 2.75) is 51.9 Å². The van der Waals surface area contributed by atoms with Crippen molar-refractivity contribution >= 4 is 0 Å². The fourth-order valence-corrected chi connectivity index (χ4v) is 4.17. The Kier molecular flexibility index (Phi) is 4.38. The molecule has 0 atom stereocenters. The fraction of sp³-hybridized carbons (Fsp3) is 0.455. The van der Waals surface area contributed by atoms with E-state index < -0.39 is 0 Å². The zero-order valence-corrected chi connectivity index (χ0v) is 14.2. The number of hydrogen-bond acceptors (Lipinski definition) is 0. The highest BCUT2D eigenvalue weighted by molar-refractivity contribution is 5.40. The summed E-state index contributed by atoms with van der Waals surface area (Å²) >= 11 is 0. The van der Waals surface area contributed by atoms with E-state index in [9.17, 15) is 0 Å². The summed E-state index contributed by atoms with van der Waals surface area (Å²) in [5, 5.41) is 0. The molecule has 3 rings (SSSR count). The van der Waals surface area contributed by atoms with Crippen LogP contribution in [0.4, 0.5) is 0 Å². The lowest BCUT2D eigenvalue weighted by molar-refractivity contribution is 0.217. The molecule has 0 unspecified atom stereocenters. The van der Waals surface area contributed by atoms with E-state index in [-0.39, 0.29) is 5.41 Å². The Labute approximate surface area is 135 Å². The SMILES string of the molecule is Cc1ccc(C2(c3ccccc3)CCC(C(C)C)CC2)cc1. The number of benzene rings is 2. The summed E-state index contributed by atoms with van der Waals surface area (Å²) in [5.41, 5.74) is 4.58. The molecule has 0 radical (unpaired) electrons. The van der Waals surface area contributed by atoms with Crippen LogP contribution in [-0.4, -0.2) is 0 Å². The van der Waals surface area contributed by atoms with Gasteiger partial charge in [-0.1, -0.05) is 74.0 Å². The Morgan fingerprint density at radius 1 is 0.818 bits per heavy atom. The second-order valence-corrected chi connectivity index (χ2v) is 7.40.